The highest BCUT2D eigenvalue weighted by atomic mass is 16.3. The molecule has 100 valence electrons. The molecule has 2 N–H and O–H groups in total. The van der Waals surface area contributed by atoms with Crippen LogP contribution in [0.25, 0.3) is 0 Å². The van der Waals surface area contributed by atoms with E-state index < -0.39 is 0 Å². The van der Waals surface area contributed by atoms with Crippen LogP contribution in [-0.4, -0.2) is 28.7 Å². The van der Waals surface area contributed by atoms with Crippen molar-refractivity contribution in [3.8, 4) is 0 Å². The number of hydrogen-bond acceptors (Lipinski definition) is 3. The van der Waals surface area contributed by atoms with Crippen molar-refractivity contribution in [2.75, 3.05) is 6.61 Å². The third kappa shape index (κ3) is 3.29. The summed E-state index contributed by atoms with van der Waals surface area (Å²) in [4.78, 5) is 11.8. The van der Waals surface area contributed by atoms with Crippen molar-refractivity contribution >= 4 is 5.78 Å². The SMILES string of the molecule is CC(O)CCO.CC12CCCC(C)(CC1)C2=O. The molecule has 0 amide bonds. The van der Waals surface area contributed by atoms with Crippen LogP contribution in [0.1, 0.15) is 59.3 Å². The van der Waals surface area contributed by atoms with E-state index in [1.807, 2.05) is 0 Å². The summed E-state index contributed by atoms with van der Waals surface area (Å²) in [6, 6.07) is 0. The zero-order valence-corrected chi connectivity index (χ0v) is 11.3. The van der Waals surface area contributed by atoms with Gasteiger partial charge in [-0.2, -0.15) is 0 Å². The molecule has 0 saturated heterocycles. The number of ketones is 1. The van der Waals surface area contributed by atoms with Crippen LogP contribution in [0.5, 0.6) is 0 Å². The molecule has 0 aliphatic heterocycles. The largest absolute Gasteiger partial charge is 0.396 e. The lowest BCUT2D eigenvalue weighted by Crippen LogP contribution is -2.35. The first-order chi connectivity index (χ1) is 7.84. The first kappa shape index (κ1) is 14.7. The number of aliphatic hydroxyl groups excluding tert-OH is 2. The summed E-state index contributed by atoms with van der Waals surface area (Å²) in [5.74, 6) is 0.552. The highest BCUT2D eigenvalue weighted by Gasteiger charge is 2.53. The van der Waals surface area contributed by atoms with E-state index in [9.17, 15) is 4.79 Å². The first-order valence-corrected chi connectivity index (χ1v) is 6.68. The molecule has 3 nitrogen and oxygen atoms in total. The van der Waals surface area contributed by atoms with Crippen LogP contribution in [0.3, 0.4) is 0 Å². The third-order valence-electron chi connectivity index (χ3n) is 4.33. The van der Waals surface area contributed by atoms with Gasteiger partial charge in [0.1, 0.15) is 5.78 Å². The average Bonchev–Trinajstić information content (AvgIpc) is 2.38. The number of Topliss-reactive ketones (excluding diaryl/α,β-unsaturated/α-hetero) is 1. The second-order valence-electron chi connectivity index (χ2n) is 6.17. The second kappa shape index (κ2) is 5.49. The number of rotatable bonds is 2. The Morgan fingerprint density at radius 1 is 1.18 bits per heavy atom. The molecule has 3 unspecified atom stereocenters. The molecule has 2 rings (SSSR count). The van der Waals surface area contributed by atoms with Crippen LogP contribution < -0.4 is 0 Å². The number of carbonyl (C=O) groups excluding carboxylic acids is 1. The number of fused-ring (bicyclic) bond motifs is 2. The average molecular weight is 242 g/mol. The monoisotopic (exact) mass is 242 g/mol. The number of carbonyl (C=O) groups is 1. The quantitative estimate of drug-likeness (QED) is 0.781. The smallest absolute Gasteiger partial charge is 0.144 e. The minimum absolute atomic E-state index is 0.0764. The van der Waals surface area contributed by atoms with Crippen LogP contribution in [0.4, 0.5) is 0 Å². The van der Waals surface area contributed by atoms with Crippen LogP contribution in [0.15, 0.2) is 0 Å². The number of aliphatic hydroxyl groups is 2. The zero-order chi connectivity index (χ0) is 13.1. The van der Waals surface area contributed by atoms with Gasteiger partial charge in [0, 0.05) is 17.4 Å². The van der Waals surface area contributed by atoms with Gasteiger partial charge in [-0.25, -0.2) is 0 Å². The lowest BCUT2D eigenvalue weighted by Gasteiger charge is -2.33. The van der Waals surface area contributed by atoms with Crippen molar-refractivity contribution < 1.29 is 15.0 Å². The molecule has 3 atom stereocenters. The van der Waals surface area contributed by atoms with E-state index in [1.54, 1.807) is 6.92 Å². The summed E-state index contributed by atoms with van der Waals surface area (Å²) >= 11 is 0. The minimum atomic E-state index is -0.352. The van der Waals surface area contributed by atoms with E-state index in [0.717, 1.165) is 25.7 Å². The van der Waals surface area contributed by atoms with E-state index in [2.05, 4.69) is 13.8 Å². The van der Waals surface area contributed by atoms with Gasteiger partial charge in [-0.1, -0.05) is 20.3 Å². The Balaban J connectivity index is 0.000000209. The minimum Gasteiger partial charge on any atom is -0.396 e. The van der Waals surface area contributed by atoms with Gasteiger partial charge < -0.3 is 10.2 Å². The van der Waals surface area contributed by atoms with Crippen LogP contribution in [0, 0.1) is 10.8 Å². The van der Waals surface area contributed by atoms with E-state index in [-0.39, 0.29) is 23.5 Å². The molecule has 2 aliphatic rings. The summed E-state index contributed by atoms with van der Waals surface area (Å²) in [6.07, 6.45) is 5.96. The fourth-order valence-electron chi connectivity index (χ4n) is 3.04. The standard InChI is InChI=1S/C10H16O.C4H10O2/c1-9-4-3-5-10(2,7-6-9)8(9)11;1-4(6)2-3-5/h3-7H2,1-2H3;4-6H,2-3H2,1H3. The fourth-order valence-corrected chi connectivity index (χ4v) is 3.04. The molecule has 0 radical (unpaired) electrons. The van der Waals surface area contributed by atoms with E-state index in [0.29, 0.717) is 12.2 Å². The van der Waals surface area contributed by atoms with E-state index >= 15 is 0 Å². The van der Waals surface area contributed by atoms with Crippen molar-refractivity contribution in [1.29, 1.82) is 0 Å². The Morgan fingerprint density at radius 3 is 1.88 bits per heavy atom. The Kier molecular flexibility index (Phi) is 4.73. The molecular formula is C14H26O3. The van der Waals surface area contributed by atoms with Crippen molar-refractivity contribution in [3.05, 3.63) is 0 Å². The maximum atomic E-state index is 11.8. The Hall–Kier alpha value is -0.410. The van der Waals surface area contributed by atoms with Crippen molar-refractivity contribution in [1.82, 2.24) is 0 Å². The maximum Gasteiger partial charge on any atom is 0.144 e. The molecule has 2 fully saturated rings. The molecule has 0 aromatic heterocycles. The lowest BCUT2D eigenvalue weighted by molar-refractivity contribution is -0.135. The molecule has 2 bridgehead atoms. The molecule has 0 aromatic rings. The summed E-state index contributed by atoms with van der Waals surface area (Å²) in [6.45, 7) is 6.04. The molecule has 0 heterocycles. The van der Waals surface area contributed by atoms with Gasteiger partial charge in [-0.15, -0.1) is 0 Å². The summed E-state index contributed by atoms with van der Waals surface area (Å²) in [5.41, 5.74) is 0.153. The van der Waals surface area contributed by atoms with Crippen molar-refractivity contribution in [2.45, 2.75) is 65.4 Å². The molecule has 0 spiro atoms. The Labute approximate surface area is 104 Å². The summed E-state index contributed by atoms with van der Waals surface area (Å²) in [7, 11) is 0. The van der Waals surface area contributed by atoms with Gasteiger partial charge in [-0.3, -0.25) is 4.79 Å². The Bertz CT molecular complexity index is 255. The fraction of sp³-hybridized carbons (Fsp3) is 0.929. The number of hydrogen-bond donors (Lipinski definition) is 2. The van der Waals surface area contributed by atoms with Crippen LogP contribution in [0.2, 0.25) is 0 Å². The van der Waals surface area contributed by atoms with E-state index in [1.165, 1.54) is 6.42 Å². The first-order valence-electron chi connectivity index (χ1n) is 6.68. The van der Waals surface area contributed by atoms with Crippen LogP contribution >= 0.6 is 0 Å². The maximum absolute atomic E-state index is 11.8. The highest BCUT2D eigenvalue weighted by Crippen LogP contribution is 2.54. The molecule has 2 aliphatic carbocycles. The van der Waals surface area contributed by atoms with Crippen molar-refractivity contribution in [2.24, 2.45) is 10.8 Å². The molecule has 2 saturated carbocycles. The van der Waals surface area contributed by atoms with Gasteiger partial charge in [-0.05, 0) is 39.0 Å². The molecular weight excluding hydrogens is 216 g/mol. The normalized spacial score (nSPS) is 37.4. The van der Waals surface area contributed by atoms with Crippen molar-refractivity contribution in [3.63, 3.8) is 0 Å². The lowest BCUT2D eigenvalue weighted by atomic mass is 9.70. The van der Waals surface area contributed by atoms with Gasteiger partial charge in [0.15, 0.2) is 0 Å². The van der Waals surface area contributed by atoms with Gasteiger partial charge >= 0.3 is 0 Å². The summed E-state index contributed by atoms with van der Waals surface area (Å²) in [5, 5.41) is 16.5. The van der Waals surface area contributed by atoms with Crippen LogP contribution in [-0.2, 0) is 4.79 Å². The van der Waals surface area contributed by atoms with E-state index in [4.69, 9.17) is 10.2 Å². The van der Waals surface area contributed by atoms with Gasteiger partial charge in [0.2, 0.25) is 0 Å². The topological polar surface area (TPSA) is 57.5 Å². The predicted octanol–water partition coefficient (Wildman–Crippen LogP) is 2.30. The molecule has 3 heteroatoms. The summed E-state index contributed by atoms with van der Waals surface area (Å²) < 4.78 is 0. The zero-order valence-electron chi connectivity index (χ0n) is 11.3. The van der Waals surface area contributed by atoms with Gasteiger partial charge in [0.25, 0.3) is 0 Å². The molecule has 0 aromatic carbocycles. The third-order valence-corrected chi connectivity index (χ3v) is 4.33. The predicted molar refractivity (Wildman–Crippen MR) is 67.7 cm³/mol. The second-order valence-corrected chi connectivity index (χ2v) is 6.17. The Morgan fingerprint density at radius 2 is 1.65 bits per heavy atom. The van der Waals surface area contributed by atoms with Gasteiger partial charge in [0.05, 0.1) is 6.10 Å². The highest BCUT2D eigenvalue weighted by molar-refractivity contribution is 5.92. The molecule has 17 heavy (non-hydrogen) atoms.